The number of carbonyl (C=O) groups is 3. The maximum atomic E-state index is 11.7. The fourth-order valence-electron chi connectivity index (χ4n) is 2.21. The summed E-state index contributed by atoms with van der Waals surface area (Å²) in [6.45, 7) is 4.88. The first-order valence-electron chi connectivity index (χ1n) is 8.17. The van der Waals surface area contributed by atoms with Crippen molar-refractivity contribution in [2.75, 3.05) is 13.7 Å². The van der Waals surface area contributed by atoms with Gasteiger partial charge in [-0.1, -0.05) is 20.8 Å². The van der Waals surface area contributed by atoms with E-state index in [4.69, 9.17) is 23.7 Å². The van der Waals surface area contributed by atoms with Crippen molar-refractivity contribution in [1.82, 2.24) is 0 Å². The summed E-state index contributed by atoms with van der Waals surface area (Å²) < 4.78 is 26.7. The van der Waals surface area contributed by atoms with Crippen LogP contribution >= 0.6 is 0 Å². The third-order valence-electron chi connectivity index (χ3n) is 3.57. The van der Waals surface area contributed by atoms with Gasteiger partial charge in [-0.3, -0.25) is 14.4 Å². The zero-order chi connectivity index (χ0) is 18.1. The van der Waals surface area contributed by atoms with Crippen molar-refractivity contribution in [3.63, 3.8) is 0 Å². The Morgan fingerprint density at radius 2 is 1.54 bits per heavy atom. The molecule has 1 aliphatic rings. The summed E-state index contributed by atoms with van der Waals surface area (Å²) in [6, 6.07) is 0. The molecule has 1 aliphatic heterocycles. The second kappa shape index (κ2) is 10.2. The highest BCUT2D eigenvalue weighted by molar-refractivity contribution is 5.70. The van der Waals surface area contributed by atoms with Gasteiger partial charge in [-0.05, 0) is 0 Å². The number of methoxy groups -OCH3 is 1. The molecule has 1 saturated heterocycles. The van der Waals surface area contributed by atoms with Crippen molar-refractivity contribution in [1.29, 1.82) is 0 Å². The van der Waals surface area contributed by atoms with Crippen LogP contribution in [0.1, 0.15) is 46.5 Å². The molecule has 1 fully saturated rings. The number of rotatable bonds is 8. The van der Waals surface area contributed by atoms with Crippen LogP contribution < -0.4 is 0 Å². The first-order chi connectivity index (χ1) is 11.4. The number of esters is 3. The van der Waals surface area contributed by atoms with Crippen molar-refractivity contribution in [3.8, 4) is 0 Å². The molecule has 0 aliphatic carbocycles. The molecule has 1 rings (SSSR count). The van der Waals surface area contributed by atoms with Gasteiger partial charge in [-0.2, -0.15) is 0 Å². The minimum absolute atomic E-state index is 0.117. The fraction of sp³-hybridized carbons (Fsp3) is 0.812. The molecule has 0 unspecified atom stereocenters. The maximum absolute atomic E-state index is 11.7. The zero-order valence-electron chi connectivity index (χ0n) is 14.6. The zero-order valence-corrected chi connectivity index (χ0v) is 14.6. The average molecular weight is 346 g/mol. The average Bonchev–Trinajstić information content (AvgIpc) is 2.60. The summed E-state index contributed by atoms with van der Waals surface area (Å²) in [4.78, 5) is 34.8. The van der Waals surface area contributed by atoms with E-state index in [0.29, 0.717) is 0 Å². The van der Waals surface area contributed by atoms with Gasteiger partial charge in [-0.25, -0.2) is 0 Å². The minimum atomic E-state index is -0.857. The molecule has 4 atom stereocenters. The van der Waals surface area contributed by atoms with Crippen LogP contribution in [0, 0.1) is 0 Å². The van der Waals surface area contributed by atoms with Crippen LogP contribution in [0.4, 0.5) is 0 Å². The SMILES string of the molecule is CCC(=O)OC[C@H]1O[C@@H](OC)C[C@@H](OC(=O)CC)[C@H]1OC(=O)CC. The second-order valence-electron chi connectivity index (χ2n) is 5.30. The summed E-state index contributed by atoms with van der Waals surface area (Å²) in [5.74, 6) is -1.27. The molecule has 0 amide bonds. The van der Waals surface area contributed by atoms with Crippen molar-refractivity contribution in [3.05, 3.63) is 0 Å². The summed E-state index contributed by atoms with van der Waals surface area (Å²) in [5, 5.41) is 0. The molecule has 0 aromatic heterocycles. The minimum Gasteiger partial charge on any atom is -0.463 e. The quantitative estimate of drug-likeness (QED) is 0.480. The highest BCUT2D eigenvalue weighted by Gasteiger charge is 2.44. The Bertz CT molecular complexity index is 436. The van der Waals surface area contributed by atoms with Gasteiger partial charge < -0.3 is 23.7 Å². The van der Waals surface area contributed by atoms with Crippen LogP contribution in [0.2, 0.25) is 0 Å². The third kappa shape index (κ3) is 6.09. The molecule has 8 nitrogen and oxygen atoms in total. The maximum Gasteiger partial charge on any atom is 0.306 e. The Labute approximate surface area is 141 Å². The standard InChI is InChI=1S/C16H26O8/c1-5-12(17)21-9-11-16(24-14(19)7-3)10(22-13(18)6-2)8-15(20-4)23-11/h10-11,15-16H,5-9H2,1-4H3/t10-,11-,15-,16-/m1/s1. The first-order valence-corrected chi connectivity index (χ1v) is 8.17. The Morgan fingerprint density at radius 1 is 0.958 bits per heavy atom. The van der Waals surface area contributed by atoms with E-state index in [1.165, 1.54) is 7.11 Å². The lowest BCUT2D eigenvalue weighted by Gasteiger charge is -2.39. The summed E-state index contributed by atoms with van der Waals surface area (Å²) >= 11 is 0. The van der Waals surface area contributed by atoms with E-state index >= 15 is 0 Å². The highest BCUT2D eigenvalue weighted by atomic mass is 16.7. The van der Waals surface area contributed by atoms with Crippen molar-refractivity contribution in [2.24, 2.45) is 0 Å². The molecule has 24 heavy (non-hydrogen) atoms. The molecule has 0 bridgehead atoms. The van der Waals surface area contributed by atoms with Gasteiger partial charge in [0.1, 0.15) is 18.8 Å². The van der Waals surface area contributed by atoms with E-state index in [9.17, 15) is 14.4 Å². The molecule has 0 N–H and O–H groups in total. The van der Waals surface area contributed by atoms with Crippen LogP contribution in [-0.4, -0.2) is 56.2 Å². The van der Waals surface area contributed by atoms with Gasteiger partial charge >= 0.3 is 17.9 Å². The van der Waals surface area contributed by atoms with E-state index in [2.05, 4.69) is 0 Å². The molecule has 0 saturated carbocycles. The molecule has 0 radical (unpaired) electrons. The van der Waals surface area contributed by atoms with Crippen LogP contribution in [0.5, 0.6) is 0 Å². The predicted octanol–water partition coefficient (Wildman–Crippen LogP) is 1.34. The number of ether oxygens (including phenoxy) is 5. The second-order valence-corrected chi connectivity index (χ2v) is 5.30. The lowest BCUT2D eigenvalue weighted by Crippen LogP contribution is -2.54. The van der Waals surface area contributed by atoms with E-state index in [1.807, 2.05) is 0 Å². The van der Waals surface area contributed by atoms with Crippen molar-refractivity contribution in [2.45, 2.75) is 71.1 Å². The lowest BCUT2D eigenvalue weighted by molar-refractivity contribution is -0.260. The third-order valence-corrected chi connectivity index (χ3v) is 3.57. The van der Waals surface area contributed by atoms with Crippen LogP contribution in [-0.2, 0) is 38.1 Å². The fourth-order valence-corrected chi connectivity index (χ4v) is 2.21. The van der Waals surface area contributed by atoms with E-state index < -0.39 is 42.5 Å². The number of hydrogen-bond donors (Lipinski definition) is 0. The van der Waals surface area contributed by atoms with E-state index in [0.717, 1.165) is 0 Å². The van der Waals surface area contributed by atoms with Crippen LogP contribution in [0.15, 0.2) is 0 Å². The van der Waals surface area contributed by atoms with Gasteiger partial charge in [0.15, 0.2) is 12.4 Å². The van der Waals surface area contributed by atoms with Gasteiger partial charge in [0, 0.05) is 32.8 Å². The smallest absolute Gasteiger partial charge is 0.306 e. The summed E-state index contributed by atoms with van der Waals surface area (Å²) in [5.41, 5.74) is 0. The molecule has 0 aromatic rings. The van der Waals surface area contributed by atoms with Gasteiger partial charge in [-0.15, -0.1) is 0 Å². The Hall–Kier alpha value is -1.67. The Balaban J connectivity index is 2.91. The summed E-state index contributed by atoms with van der Waals surface area (Å²) in [6.07, 6.45) is -2.21. The Kier molecular flexibility index (Phi) is 8.70. The Morgan fingerprint density at radius 3 is 2.08 bits per heavy atom. The predicted molar refractivity (Wildman–Crippen MR) is 81.9 cm³/mol. The molecule has 8 heteroatoms. The van der Waals surface area contributed by atoms with Crippen molar-refractivity contribution >= 4 is 17.9 Å². The molecular weight excluding hydrogens is 320 g/mol. The molecule has 138 valence electrons. The first kappa shape index (κ1) is 20.4. The monoisotopic (exact) mass is 346 g/mol. The topological polar surface area (TPSA) is 97.4 Å². The van der Waals surface area contributed by atoms with Crippen molar-refractivity contribution < 1.29 is 38.1 Å². The molecule has 1 heterocycles. The highest BCUT2D eigenvalue weighted by Crippen LogP contribution is 2.27. The largest absolute Gasteiger partial charge is 0.463 e. The molecule has 0 spiro atoms. The van der Waals surface area contributed by atoms with Crippen LogP contribution in [0.3, 0.4) is 0 Å². The van der Waals surface area contributed by atoms with Gasteiger partial charge in [0.05, 0.1) is 0 Å². The summed E-state index contributed by atoms with van der Waals surface area (Å²) in [7, 11) is 1.46. The van der Waals surface area contributed by atoms with Gasteiger partial charge in [0.2, 0.25) is 0 Å². The molecular formula is C16H26O8. The normalized spacial score (nSPS) is 26.5. The lowest BCUT2D eigenvalue weighted by atomic mass is 10.0. The number of hydrogen-bond acceptors (Lipinski definition) is 8. The number of carbonyl (C=O) groups excluding carboxylic acids is 3. The molecule has 0 aromatic carbocycles. The van der Waals surface area contributed by atoms with E-state index in [1.54, 1.807) is 20.8 Å². The van der Waals surface area contributed by atoms with E-state index in [-0.39, 0.29) is 32.3 Å². The van der Waals surface area contributed by atoms with Gasteiger partial charge in [0.25, 0.3) is 0 Å². The van der Waals surface area contributed by atoms with Crippen LogP contribution in [0.25, 0.3) is 0 Å².